The number of hydrogen-bond acceptors (Lipinski definition) is 4. The molecule has 4 aromatic rings. The molecule has 0 saturated carbocycles. The number of thioether (sulfide) groups is 1. The molecule has 0 atom stereocenters. The average molecular weight is 542 g/mol. The van der Waals surface area contributed by atoms with E-state index in [9.17, 15) is 14.9 Å². The summed E-state index contributed by atoms with van der Waals surface area (Å²) in [5, 5.41) is 10.1. The van der Waals surface area contributed by atoms with Crippen molar-refractivity contribution in [3.05, 3.63) is 110 Å². The van der Waals surface area contributed by atoms with Crippen LogP contribution in [-0.2, 0) is 17.9 Å². The number of carbonyl (C=O) groups excluding carboxylic acids is 2. The van der Waals surface area contributed by atoms with Gasteiger partial charge in [0.25, 0.3) is 11.1 Å². The van der Waals surface area contributed by atoms with Crippen LogP contribution in [0.15, 0.2) is 82.2 Å². The Bertz CT molecular complexity index is 1550. The number of carbonyl (C=O) groups is 2. The lowest BCUT2D eigenvalue weighted by atomic mass is 10.1. The highest BCUT2D eigenvalue weighted by atomic mass is 79.9. The number of nitrogens with zero attached hydrogens (tertiary/aromatic N) is 3. The van der Waals surface area contributed by atoms with E-state index in [-0.39, 0.29) is 17.7 Å². The number of aromatic nitrogens is 1. The number of amides is 2. The van der Waals surface area contributed by atoms with Crippen LogP contribution in [0.4, 0.5) is 4.79 Å². The normalized spacial score (nSPS) is 14.8. The van der Waals surface area contributed by atoms with Crippen LogP contribution < -0.4 is 0 Å². The molecule has 2 amide bonds. The minimum atomic E-state index is -0.336. The summed E-state index contributed by atoms with van der Waals surface area (Å²) < 4.78 is 3.27. The van der Waals surface area contributed by atoms with Crippen molar-refractivity contribution in [2.45, 2.75) is 20.0 Å². The molecule has 1 aliphatic rings. The summed E-state index contributed by atoms with van der Waals surface area (Å²) in [5.74, 6) is -0.336. The molecule has 1 aliphatic heterocycles. The summed E-state index contributed by atoms with van der Waals surface area (Å²) in [7, 11) is 0. The maximum atomic E-state index is 13.2. The van der Waals surface area contributed by atoms with Gasteiger partial charge in [0.15, 0.2) is 0 Å². The Labute approximate surface area is 215 Å². The van der Waals surface area contributed by atoms with Gasteiger partial charge in [0, 0.05) is 33.2 Å². The van der Waals surface area contributed by atoms with Gasteiger partial charge in [0.1, 0.15) is 0 Å². The molecular formula is C28H20BrN3O2S. The molecule has 0 radical (unpaired) electrons. The fourth-order valence-electron chi connectivity index (χ4n) is 4.32. The van der Waals surface area contributed by atoms with E-state index in [0.717, 1.165) is 38.4 Å². The van der Waals surface area contributed by atoms with E-state index in [2.05, 4.69) is 44.8 Å². The van der Waals surface area contributed by atoms with Crippen molar-refractivity contribution in [1.82, 2.24) is 9.47 Å². The molecule has 172 valence electrons. The first-order valence-electron chi connectivity index (χ1n) is 11.0. The highest BCUT2D eigenvalue weighted by Gasteiger charge is 2.35. The first-order valence-corrected chi connectivity index (χ1v) is 12.6. The lowest BCUT2D eigenvalue weighted by Crippen LogP contribution is -2.27. The molecule has 2 heterocycles. The maximum Gasteiger partial charge on any atom is 0.293 e. The third-order valence-corrected chi connectivity index (χ3v) is 7.58. The van der Waals surface area contributed by atoms with E-state index in [1.54, 1.807) is 24.3 Å². The minimum absolute atomic E-state index is 0.0794. The third-order valence-electron chi connectivity index (χ3n) is 6.15. The number of rotatable bonds is 5. The van der Waals surface area contributed by atoms with E-state index in [0.29, 0.717) is 22.6 Å². The summed E-state index contributed by atoms with van der Waals surface area (Å²) in [4.78, 5) is 27.6. The summed E-state index contributed by atoms with van der Waals surface area (Å²) in [6, 6.07) is 25.5. The van der Waals surface area contributed by atoms with Crippen molar-refractivity contribution in [1.29, 1.82) is 5.26 Å². The van der Waals surface area contributed by atoms with Crippen LogP contribution in [0.1, 0.15) is 27.9 Å². The SMILES string of the molecule is Cc1c(/C=C2/SC(=O)N(Cc3ccccc3C#N)C2=O)c2ccccc2n1Cc1ccc(Br)cc1. The van der Waals surface area contributed by atoms with Gasteiger partial charge in [-0.15, -0.1) is 0 Å². The van der Waals surface area contributed by atoms with Gasteiger partial charge < -0.3 is 4.57 Å². The van der Waals surface area contributed by atoms with Crippen molar-refractivity contribution in [3.8, 4) is 6.07 Å². The van der Waals surface area contributed by atoms with Crippen molar-refractivity contribution in [2.75, 3.05) is 0 Å². The number of imide groups is 1. The lowest BCUT2D eigenvalue weighted by Gasteiger charge is -2.13. The van der Waals surface area contributed by atoms with Gasteiger partial charge in [0.05, 0.1) is 23.1 Å². The summed E-state index contributed by atoms with van der Waals surface area (Å²) in [6.45, 7) is 2.81. The predicted molar refractivity (Wildman–Crippen MR) is 143 cm³/mol. The molecule has 5 nitrogen and oxygen atoms in total. The van der Waals surface area contributed by atoms with Gasteiger partial charge in [-0.1, -0.05) is 64.5 Å². The number of halogens is 1. The zero-order valence-corrected chi connectivity index (χ0v) is 21.3. The zero-order chi connectivity index (χ0) is 24.5. The Hall–Kier alpha value is -3.60. The van der Waals surface area contributed by atoms with Crippen molar-refractivity contribution < 1.29 is 9.59 Å². The van der Waals surface area contributed by atoms with Crippen LogP contribution in [-0.4, -0.2) is 20.6 Å². The maximum absolute atomic E-state index is 13.2. The van der Waals surface area contributed by atoms with Gasteiger partial charge in [-0.2, -0.15) is 5.26 Å². The third kappa shape index (κ3) is 4.43. The summed E-state index contributed by atoms with van der Waals surface area (Å²) in [6.07, 6.45) is 1.83. The zero-order valence-electron chi connectivity index (χ0n) is 18.9. The second kappa shape index (κ2) is 9.57. The van der Waals surface area contributed by atoms with Crippen LogP contribution in [0.3, 0.4) is 0 Å². The Morgan fingerprint density at radius 3 is 2.46 bits per heavy atom. The predicted octanol–water partition coefficient (Wildman–Crippen LogP) is 6.87. The van der Waals surface area contributed by atoms with Crippen LogP contribution in [0, 0.1) is 18.3 Å². The highest BCUT2D eigenvalue weighted by molar-refractivity contribution is 9.10. The Morgan fingerprint density at radius 2 is 1.69 bits per heavy atom. The van der Waals surface area contributed by atoms with Crippen molar-refractivity contribution in [3.63, 3.8) is 0 Å². The van der Waals surface area contributed by atoms with Crippen LogP contribution in [0.5, 0.6) is 0 Å². The molecule has 1 saturated heterocycles. The standard InChI is InChI=1S/C28H20BrN3O2S/c1-18-24(23-8-4-5-9-25(23)31(18)16-19-10-12-22(29)13-11-19)14-26-27(33)32(28(34)35-26)17-21-7-3-2-6-20(21)15-30/h2-14H,16-17H2,1H3/b26-14+. The lowest BCUT2D eigenvalue weighted by molar-refractivity contribution is -0.123. The second-order valence-electron chi connectivity index (χ2n) is 8.27. The molecule has 0 spiro atoms. The minimum Gasteiger partial charge on any atom is -0.340 e. The van der Waals surface area contributed by atoms with Crippen LogP contribution in [0.25, 0.3) is 17.0 Å². The molecule has 0 aliphatic carbocycles. The van der Waals surface area contributed by atoms with Gasteiger partial charge >= 0.3 is 0 Å². The van der Waals surface area contributed by atoms with Crippen LogP contribution >= 0.6 is 27.7 Å². The molecule has 0 unspecified atom stereocenters. The number of nitriles is 1. The fourth-order valence-corrected chi connectivity index (χ4v) is 5.41. The Kier molecular flexibility index (Phi) is 6.33. The van der Waals surface area contributed by atoms with Crippen LogP contribution in [0.2, 0.25) is 0 Å². The number of para-hydroxylation sites is 1. The molecule has 35 heavy (non-hydrogen) atoms. The molecule has 0 N–H and O–H groups in total. The highest BCUT2D eigenvalue weighted by Crippen LogP contribution is 2.36. The first kappa shape index (κ1) is 23.2. The number of hydrogen-bond donors (Lipinski definition) is 0. The first-order chi connectivity index (χ1) is 17.0. The smallest absolute Gasteiger partial charge is 0.293 e. The van der Waals surface area contributed by atoms with E-state index < -0.39 is 0 Å². The molecule has 1 fully saturated rings. The second-order valence-corrected chi connectivity index (χ2v) is 10.2. The largest absolute Gasteiger partial charge is 0.340 e. The monoisotopic (exact) mass is 541 g/mol. The van der Waals surface area contributed by atoms with E-state index >= 15 is 0 Å². The molecule has 5 rings (SSSR count). The van der Waals surface area contributed by atoms with Gasteiger partial charge in [-0.05, 0) is 60.2 Å². The Balaban J connectivity index is 1.51. The van der Waals surface area contributed by atoms with E-state index in [1.807, 2.05) is 43.3 Å². The quantitative estimate of drug-likeness (QED) is 0.258. The van der Waals surface area contributed by atoms with E-state index in [1.165, 1.54) is 10.5 Å². The molecule has 7 heteroatoms. The molecule has 1 aromatic heterocycles. The number of benzene rings is 3. The van der Waals surface area contributed by atoms with Crippen molar-refractivity contribution >= 4 is 55.8 Å². The number of fused-ring (bicyclic) bond motifs is 1. The molecule has 0 bridgehead atoms. The topological polar surface area (TPSA) is 66.1 Å². The average Bonchev–Trinajstić information content (AvgIpc) is 3.29. The molecule has 3 aromatic carbocycles. The molecular weight excluding hydrogens is 522 g/mol. The van der Waals surface area contributed by atoms with Gasteiger partial charge in [-0.3, -0.25) is 14.5 Å². The Morgan fingerprint density at radius 1 is 0.971 bits per heavy atom. The van der Waals surface area contributed by atoms with Gasteiger partial charge in [-0.25, -0.2) is 0 Å². The summed E-state index contributed by atoms with van der Waals surface area (Å²) >= 11 is 4.43. The van der Waals surface area contributed by atoms with E-state index in [4.69, 9.17) is 0 Å². The summed E-state index contributed by atoms with van der Waals surface area (Å²) in [5.41, 5.74) is 5.31. The van der Waals surface area contributed by atoms with Crippen molar-refractivity contribution in [2.24, 2.45) is 0 Å². The fraction of sp³-hybridized carbons (Fsp3) is 0.107. The van der Waals surface area contributed by atoms with Gasteiger partial charge in [0.2, 0.25) is 0 Å².